The van der Waals surface area contributed by atoms with Crippen molar-refractivity contribution < 1.29 is 9.53 Å². The molecule has 150 valence electrons. The predicted molar refractivity (Wildman–Crippen MR) is 115 cm³/mol. The molecule has 2 aromatic carbocycles. The second kappa shape index (κ2) is 10.2. The molecule has 0 aromatic heterocycles. The number of benzene rings is 2. The van der Waals surface area contributed by atoms with Gasteiger partial charge in [-0.25, -0.2) is 4.79 Å². The van der Waals surface area contributed by atoms with Gasteiger partial charge in [-0.3, -0.25) is 0 Å². The van der Waals surface area contributed by atoms with Gasteiger partial charge in [0.25, 0.3) is 0 Å². The van der Waals surface area contributed by atoms with E-state index in [2.05, 4.69) is 47.9 Å². The quantitative estimate of drug-likeness (QED) is 0.561. The van der Waals surface area contributed by atoms with Crippen molar-refractivity contribution in [2.24, 2.45) is 0 Å². The summed E-state index contributed by atoms with van der Waals surface area (Å²) in [4.78, 5) is 12.5. The molecule has 0 aliphatic heterocycles. The fourth-order valence-electron chi connectivity index (χ4n) is 3.98. The number of nitrogens with one attached hydrogen (secondary N) is 2. The number of anilines is 1. The fraction of sp³-hybridized carbons (Fsp3) is 0.458. The van der Waals surface area contributed by atoms with Crippen LogP contribution >= 0.6 is 0 Å². The van der Waals surface area contributed by atoms with E-state index in [4.69, 9.17) is 4.74 Å². The Kier molecular flexibility index (Phi) is 7.35. The van der Waals surface area contributed by atoms with E-state index in [1.54, 1.807) is 0 Å². The van der Waals surface area contributed by atoms with Crippen LogP contribution in [-0.4, -0.2) is 19.2 Å². The maximum absolute atomic E-state index is 12.5. The van der Waals surface area contributed by atoms with Gasteiger partial charge in [-0.05, 0) is 49.1 Å². The lowest BCUT2D eigenvalue weighted by Crippen LogP contribution is -2.43. The molecule has 0 spiro atoms. The molecule has 0 saturated heterocycles. The molecule has 4 nitrogen and oxygen atoms in total. The fourth-order valence-corrected chi connectivity index (χ4v) is 3.98. The smallest absolute Gasteiger partial charge is 0.319 e. The largest absolute Gasteiger partial charge is 0.494 e. The molecule has 2 N–H and O–H groups in total. The van der Waals surface area contributed by atoms with Gasteiger partial charge in [-0.2, -0.15) is 0 Å². The van der Waals surface area contributed by atoms with Gasteiger partial charge in [0.1, 0.15) is 5.75 Å². The highest BCUT2D eigenvalue weighted by Crippen LogP contribution is 2.38. The van der Waals surface area contributed by atoms with E-state index in [0.29, 0.717) is 6.54 Å². The monoisotopic (exact) mass is 380 g/mol. The molecule has 2 amide bonds. The third-order valence-corrected chi connectivity index (χ3v) is 5.66. The van der Waals surface area contributed by atoms with Crippen LogP contribution in [0.5, 0.6) is 5.75 Å². The maximum Gasteiger partial charge on any atom is 0.319 e. The molecule has 1 saturated carbocycles. The van der Waals surface area contributed by atoms with Gasteiger partial charge >= 0.3 is 6.03 Å². The van der Waals surface area contributed by atoms with Crippen LogP contribution in [0.15, 0.2) is 54.6 Å². The topological polar surface area (TPSA) is 50.4 Å². The number of hydrogen-bond donors (Lipinski definition) is 2. The minimum absolute atomic E-state index is 0.0494. The Morgan fingerprint density at radius 3 is 2.39 bits per heavy atom. The van der Waals surface area contributed by atoms with Crippen LogP contribution < -0.4 is 15.4 Å². The van der Waals surface area contributed by atoms with Gasteiger partial charge in [0.2, 0.25) is 0 Å². The van der Waals surface area contributed by atoms with Gasteiger partial charge < -0.3 is 15.4 Å². The Morgan fingerprint density at radius 2 is 1.71 bits per heavy atom. The molecule has 1 aliphatic carbocycles. The first kappa shape index (κ1) is 20.2. The van der Waals surface area contributed by atoms with Crippen LogP contribution in [0, 0.1) is 0 Å². The average Bonchev–Trinajstić information content (AvgIpc) is 2.75. The van der Waals surface area contributed by atoms with Crippen LogP contribution in [0.25, 0.3) is 0 Å². The maximum atomic E-state index is 12.5. The van der Waals surface area contributed by atoms with Crippen molar-refractivity contribution in [3.8, 4) is 5.75 Å². The Hall–Kier alpha value is -2.49. The van der Waals surface area contributed by atoms with Crippen LogP contribution in [0.4, 0.5) is 10.5 Å². The van der Waals surface area contributed by atoms with E-state index < -0.39 is 0 Å². The van der Waals surface area contributed by atoms with Gasteiger partial charge in [0.15, 0.2) is 0 Å². The summed E-state index contributed by atoms with van der Waals surface area (Å²) >= 11 is 0. The Bertz CT molecular complexity index is 722. The lowest BCUT2D eigenvalue weighted by atomic mass is 9.69. The summed E-state index contributed by atoms with van der Waals surface area (Å²) in [7, 11) is 0. The molecule has 1 aliphatic rings. The van der Waals surface area contributed by atoms with Crippen molar-refractivity contribution in [2.75, 3.05) is 18.5 Å². The lowest BCUT2D eigenvalue weighted by Gasteiger charge is -2.38. The predicted octanol–water partition coefficient (Wildman–Crippen LogP) is 5.89. The van der Waals surface area contributed by atoms with Gasteiger partial charge in [0, 0.05) is 17.6 Å². The minimum Gasteiger partial charge on any atom is -0.494 e. The Balaban J connectivity index is 1.55. The third kappa shape index (κ3) is 5.51. The van der Waals surface area contributed by atoms with Crippen molar-refractivity contribution in [1.82, 2.24) is 5.32 Å². The number of hydrogen-bond acceptors (Lipinski definition) is 2. The standard InChI is InChI=1S/C24H32N2O2/c1-2-3-18-28-22-14-12-21(13-15-22)26-23(27)25-19-24(16-8-5-9-17-24)20-10-6-4-7-11-20/h4,6-7,10-15H,2-3,5,8-9,16-19H2,1H3,(H2,25,26,27). The Morgan fingerprint density at radius 1 is 1.00 bits per heavy atom. The molecule has 0 bridgehead atoms. The molecule has 4 heteroatoms. The molecule has 0 atom stereocenters. The van der Waals surface area contributed by atoms with Crippen LogP contribution in [0.1, 0.15) is 57.4 Å². The SMILES string of the molecule is CCCCOc1ccc(NC(=O)NCC2(c3ccccc3)CCCCC2)cc1. The first-order valence-electron chi connectivity index (χ1n) is 10.6. The first-order valence-corrected chi connectivity index (χ1v) is 10.6. The van der Waals surface area contributed by atoms with E-state index in [1.807, 2.05) is 24.3 Å². The molecule has 1 fully saturated rings. The summed E-state index contributed by atoms with van der Waals surface area (Å²) < 4.78 is 5.67. The zero-order chi connectivity index (χ0) is 19.7. The summed E-state index contributed by atoms with van der Waals surface area (Å²) in [5.74, 6) is 0.838. The molecule has 28 heavy (non-hydrogen) atoms. The highest BCUT2D eigenvalue weighted by Gasteiger charge is 2.34. The van der Waals surface area contributed by atoms with E-state index in [9.17, 15) is 4.79 Å². The first-order chi connectivity index (χ1) is 13.7. The summed E-state index contributed by atoms with van der Waals surface area (Å²) in [5, 5.41) is 6.05. The number of unbranched alkanes of at least 4 members (excludes halogenated alkanes) is 1. The molecule has 3 rings (SSSR count). The van der Waals surface area contributed by atoms with Gasteiger partial charge in [-0.1, -0.05) is 62.9 Å². The number of carbonyl (C=O) groups is 1. The molecule has 2 aromatic rings. The molecule has 0 heterocycles. The van der Waals surface area contributed by atoms with Crippen molar-refractivity contribution in [3.05, 3.63) is 60.2 Å². The lowest BCUT2D eigenvalue weighted by molar-refractivity contribution is 0.240. The zero-order valence-electron chi connectivity index (χ0n) is 16.9. The van der Waals surface area contributed by atoms with Crippen molar-refractivity contribution >= 4 is 11.7 Å². The average molecular weight is 381 g/mol. The second-order valence-electron chi connectivity index (χ2n) is 7.74. The summed E-state index contributed by atoms with van der Waals surface area (Å²) in [6.45, 7) is 3.54. The zero-order valence-corrected chi connectivity index (χ0v) is 16.9. The van der Waals surface area contributed by atoms with Crippen molar-refractivity contribution in [3.63, 3.8) is 0 Å². The van der Waals surface area contributed by atoms with Gasteiger partial charge in [0.05, 0.1) is 6.61 Å². The molecule has 0 unspecified atom stereocenters. The normalized spacial score (nSPS) is 15.6. The molecular weight excluding hydrogens is 348 g/mol. The van der Waals surface area contributed by atoms with E-state index >= 15 is 0 Å². The summed E-state index contributed by atoms with van der Waals surface area (Å²) in [5.41, 5.74) is 2.16. The number of urea groups is 1. The van der Waals surface area contributed by atoms with E-state index in [1.165, 1.54) is 24.8 Å². The number of amides is 2. The molecule has 0 radical (unpaired) electrons. The summed E-state index contributed by atoms with van der Waals surface area (Å²) in [6, 6.07) is 18.0. The number of carbonyl (C=O) groups excluding carboxylic acids is 1. The third-order valence-electron chi connectivity index (χ3n) is 5.66. The van der Waals surface area contributed by atoms with E-state index in [0.717, 1.165) is 43.7 Å². The Labute approximate surface area is 168 Å². The molecular formula is C24H32N2O2. The summed E-state index contributed by atoms with van der Waals surface area (Å²) in [6.07, 6.45) is 8.14. The number of rotatable bonds is 8. The van der Waals surface area contributed by atoms with Crippen LogP contribution in [0.2, 0.25) is 0 Å². The second-order valence-corrected chi connectivity index (χ2v) is 7.74. The van der Waals surface area contributed by atoms with Crippen molar-refractivity contribution in [2.45, 2.75) is 57.3 Å². The van der Waals surface area contributed by atoms with Gasteiger partial charge in [-0.15, -0.1) is 0 Å². The highest BCUT2D eigenvalue weighted by molar-refractivity contribution is 5.89. The highest BCUT2D eigenvalue weighted by atomic mass is 16.5. The van der Waals surface area contributed by atoms with Crippen LogP contribution in [0.3, 0.4) is 0 Å². The van der Waals surface area contributed by atoms with Crippen LogP contribution in [-0.2, 0) is 5.41 Å². The minimum atomic E-state index is -0.152. The van der Waals surface area contributed by atoms with Crippen molar-refractivity contribution in [1.29, 1.82) is 0 Å². The number of ether oxygens (including phenoxy) is 1. The van der Waals surface area contributed by atoms with E-state index in [-0.39, 0.29) is 11.4 Å².